The summed E-state index contributed by atoms with van der Waals surface area (Å²) >= 11 is 0. The Hall–Kier alpha value is -1.10. The zero-order valence-corrected chi connectivity index (χ0v) is 12.7. The van der Waals surface area contributed by atoms with Gasteiger partial charge in [-0.15, -0.1) is 0 Å². The van der Waals surface area contributed by atoms with Crippen molar-refractivity contribution in [1.82, 2.24) is 10.6 Å². The molecule has 0 saturated carbocycles. The smallest absolute Gasteiger partial charge is 0.242 e. The lowest BCUT2D eigenvalue weighted by molar-refractivity contribution is -0.128. The van der Waals surface area contributed by atoms with Gasteiger partial charge >= 0.3 is 0 Å². The fraction of sp³-hybridized carbons (Fsp3) is 0.857. The molecule has 0 unspecified atom stereocenters. The predicted molar refractivity (Wildman–Crippen MR) is 77.6 cm³/mol. The molecule has 0 aliphatic rings. The quantitative estimate of drug-likeness (QED) is 0.550. The maximum Gasteiger partial charge on any atom is 0.242 e. The van der Waals surface area contributed by atoms with Crippen molar-refractivity contribution in [3.63, 3.8) is 0 Å². The fourth-order valence-corrected chi connectivity index (χ4v) is 1.96. The van der Waals surface area contributed by atoms with Crippen molar-refractivity contribution >= 4 is 11.8 Å². The summed E-state index contributed by atoms with van der Waals surface area (Å²) in [6.45, 7) is 8.17. The lowest BCUT2D eigenvalue weighted by atomic mass is 10.0. The molecule has 0 heterocycles. The first-order valence-corrected chi connectivity index (χ1v) is 7.14. The van der Waals surface area contributed by atoms with Crippen LogP contribution in [0.2, 0.25) is 0 Å². The van der Waals surface area contributed by atoms with E-state index in [1.165, 1.54) is 6.92 Å². The molecule has 0 aromatic rings. The Balaban J connectivity index is 4.25. The van der Waals surface area contributed by atoms with Gasteiger partial charge in [-0.25, -0.2) is 0 Å². The summed E-state index contributed by atoms with van der Waals surface area (Å²) < 4.78 is 0. The standard InChI is InChI=1S/C14H29N3O2/c1-10(2)9-13(17-12(4)18)14(19)16-11(3)7-5-6-8-15/h10-11,13H,5-9,15H2,1-4H3,(H,16,19)(H,17,18)/t11-,13-/m0/s1. The molecule has 0 bridgehead atoms. The molecule has 4 N–H and O–H groups in total. The summed E-state index contributed by atoms with van der Waals surface area (Å²) in [5, 5.41) is 5.67. The first-order valence-electron chi connectivity index (χ1n) is 7.14. The van der Waals surface area contributed by atoms with Crippen molar-refractivity contribution in [2.45, 2.75) is 65.5 Å². The lowest BCUT2D eigenvalue weighted by Crippen LogP contribution is -2.49. The fourth-order valence-electron chi connectivity index (χ4n) is 1.96. The van der Waals surface area contributed by atoms with Crippen LogP contribution in [0, 0.1) is 5.92 Å². The summed E-state index contributed by atoms with van der Waals surface area (Å²) in [5.74, 6) is 0.0934. The first-order chi connectivity index (χ1) is 8.86. The van der Waals surface area contributed by atoms with Crippen LogP contribution in [-0.2, 0) is 9.59 Å². The average Bonchev–Trinajstić information content (AvgIpc) is 2.27. The van der Waals surface area contributed by atoms with Gasteiger partial charge in [-0.05, 0) is 38.6 Å². The molecule has 2 amide bonds. The molecule has 112 valence electrons. The number of nitrogens with one attached hydrogen (secondary N) is 2. The number of carbonyl (C=O) groups is 2. The maximum atomic E-state index is 12.1. The van der Waals surface area contributed by atoms with E-state index in [0.717, 1.165) is 19.3 Å². The normalized spacial score (nSPS) is 14.0. The average molecular weight is 271 g/mol. The van der Waals surface area contributed by atoms with Gasteiger partial charge in [-0.1, -0.05) is 20.3 Å². The van der Waals surface area contributed by atoms with Crippen LogP contribution in [0.15, 0.2) is 0 Å². The van der Waals surface area contributed by atoms with Crippen LogP contribution in [0.3, 0.4) is 0 Å². The van der Waals surface area contributed by atoms with Crippen LogP contribution in [0.25, 0.3) is 0 Å². The highest BCUT2D eigenvalue weighted by atomic mass is 16.2. The Morgan fingerprint density at radius 2 is 1.74 bits per heavy atom. The van der Waals surface area contributed by atoms with E-state index < -0.39 is 6.04 Å². The minimum atomic E-state index is -0.436. The van der Waals surface area contributed by atoms with Gasteiger partial charge in [-0.2, -0.15) is 0 Å². The van der Waals surface area contributed by atoms with Gasteiger partial charge in [-0.3, -0.25) is 9.59 Å². The Morgan fingerprint density at radius 3 is 2.21 bits per heavy atom. The van der Waals surface area contributed by atoms with E-state index in [1.54, 1.807) is 0 Å². The molecule has 19 heavy (non-hydrogen) atoms. The largest absolute Gasteiger partial charge is 0.352 e. The number of unbranched alkanes of at least 4 members (excludes halogenated alkanes) is 1. The van der Waals surface area contributed by atoms with Crippen molar-refractivity contribution in [2.75, 3.05) is 6.54 Å². The molecular formula is C14H29N3O2. The molecule has 0 spiro atoms. The second-order valence-corrected chi connectivity index (χ2v) is 5.58. The molecule has 0 fully saturated rings. The minimum Gasteiger partial charge on any atom is -0.352 e. The van der Waals surface area contributed by atoms with Gasteiger partial charge in [0.2, 0.25) is 11.8 Å². The molecule has 5 nitrogen and oxygen atoms in total. The Labute approximate surface area is 116 Å². The number of hydrogen-bond acceptors (Lipinski definition) is 3. The third kappa shape index (κ3) is 9.47. The third-order valence-corrected chi connectivity index (χ3v) is 2.88. The molecule has 2 atom stereocenters. The predicted octanol–water partition coefficient (Wildman–Crippen LogP) is 1.17. The summed E-state index contributed by atoms with van der Waals surface area (Å²) in [7, 11) is 0. The molecule has 5 heteroatoms. The molecule has 0 aromatic heterocycles. The van der Waals surface area contributed by atoms with E-state index in [1.807, 2.05) is 20.8 Å². The van der Waals surface area contributed by atoms with Crippen LogP contribution < -0.4 is 16.4 Å². The van der Waals surface area contributed by atoms with Crippen molar-refractivity contribution in [1.29, 1.82) is 0 Å². The molecule has 0 aliphatic heterocycles. The van der Waals surface area contributed by atoms with Gasteiger partial charge in [0.05, 0.1) is 0 Å². The Morgan fingerprint density at radius 1 is 1.11 bits per heavy atom. The highest BCUT2D eigenvalue weighted by Gasteiger charge is 2.21. The molecule has 0 aromatic carbocycles. The van der Waals surface area contributed by atoms with Crippen molar-refractivity contribution in [3.8, 4) is 0 Å². The van der Waals surface area contributed by atoms with Crippen molar-refractivity contribution in [2.24, 2.45) is 11.7 Å². The summed E-state index contributed by atoms with van der Waals surface area (Å²) in [5.41, 5.74) is 5.44. The van der Waals surface area contributed by atoms with Gasteiger partial charge in [0.15, 0.2) is 0 Å². The minimum absolute atomic E-state index is 0.0934. The Kier molecular flexibility index (Phi) is 9.21. The molecule has 0 radical (unpaired) electrons. The topological polar surface area (TPSA) is 84.2 Å². The van der Waals surface area contributed by atoms with Crippen LogP contribution in [-0.4, -0.2) is 30.4 Å². The van der Waals surface area contributed by atoms with E-state index >= 15 is 0 Å². The number of nitrogens with two attached hydrogens (primary N) is 1. The number of carbonyl (C=O) groups excluding carboxylic acids is 2. The van der Waals surface area contributed by atoms with Gasteiger partial charge < -0.3 is 16.4 Å². The molecular weight excluding hydrogens is 242 g/mol. The zero-order chi connectivity index (χ0) is 14.8. The van der Waals surface area contributed by atoms with Gasteiger partial charge in [0.1, 0.15) is 6.04 Å². The molecule has 0 saturated heterocycles. The van der Waals surface area contributed by atoms with Crippen LogP contribution in [0.4, 0.5) is 0 Å². The van der Waals surface area contributed by atoms with Crippen molar-refractivity contribution < 1.29 is 9.59 Å². The summed E-state index contributed by atoms with van der Waals surface area (Å²) in [6.07, 6.45) is 3.55. The first kappa shape index (κ1) is 17.9. The van der Waals surface area contributed by atoms with E-state index in [-0.39, 0.29) is 17.9 Å². The number of hydrogen-bond donors (Lipinski definition) is 3. The van der Waals surface area contributed by atoms with E-state index in [2.05, 4.69) is 10.6 Å². The van der Waals surface area contributed by atoms with Crippen LogP contribution in [0.5, 0.6) is 0 Å². The Bertz CT molecular complexity index is 280. The lowest BCUT2D eigenvalue weighted by Gasteiger charge is -2.22. The molecule has 0 rings (SSSR count). The van der Waals surface area contributed by atoms with Crippen molar-refractivity contribution in [3.05, 3.63) is 0 Å². The van der Waals surface area contributed by atoms with Gasteiger partial charge in [0, 0.05) is 13.0 Å². The highest BCUT2D eigenvalue weighted by molar-refractivity contribution is 5.86. The highest BCUT2D eigenvalue weighted by Crippen LogP contribution is 2.06. The summed E-state index contributed by atoms with van der Waals surface area (Å²) in [6, 6.07) is -0.322. The van der Waals surface area contributed by atoms with Gasteiger partial charge in [0.25, 0.3) is 0 Å². The second-order valence-electron chi connectivity index (χ2n) is 5.58. The van der Waals surface area contributed by atoms with E-state index in [0.29, 0.717) is 18.9 Å². The second kappa shape index (κ2) is 9.78. The van der Waals surface area contributed by atoms with Crippen LogP contribution >= 0.6 is 0 Å². The van der Waals surface area contributed by atoms with Crippen LogP contribution in [0.1, 0.15) is 53.4 Å². The third-order valence-electron chi connectivity index (χ3n) is 2.88. The molecule has 0 aliphatic carbocycles. The zero-order valence-electron chi connectivity index (χ0n) is 12.7. The number of amides is 2. The number of rotatable bonds is 9. The van der Waals surface area contributed by atoms with E-state index in [9.17, 15) is 9.59 Å². The monoisotopic (exact) mass is 271 g/mol. The van der Waals surface area contributed by atoms with E-state index in [4.69, 9.17) is 5.73 Å². The maximum absolute atomic E-state index is 12.1. The summed E-state index contributed by atoms with van der Waals surface area (Å²) in [4.78, 5) is 23.2. The SMILES string of the molecule is CC(=O)N[C@@H](CC(C)C)C(=O)N[C@@H](C)CCCCN.